The van der Waals surface area contributed by atoms with Gasteiger partial charge in [-0.25, -0.2) is 0 Å². The van der Waals surface area contributed by atoms with Gasteiger partial charge in [-0.15, -0.1) is 23.1 Å². The third-order valence-electron chi connectivity index (χ3n) is 4.38. The number of halogens is 1. The average molecular weight is 471 g/mol. The van der Waals surface area contributed by atoms with Crippen molar-refractivity contribution in [1.29, 1.82) is 0 Å². The van der Waals surface area contributed by atoms with Crippen molar-refractivity contribution in [3.8, 4) is 11.3 Å². The van der Waals surface area contributed by atoms with E-state index in [2.05, 4.69) is 68.7 Å². The van der Waals surface area contributed by atoms with E-state index in [1.165, 1.54) is 10.3 Å². The van der Waals surface area contributed by atoms with Crippen LogP contribution in [0.4, 0.5) is 0 Å². The Labute approximate surface area is 180 Å². The molecule has 4 rings (SSSR count). The molecule has 0 aliphatic heterocycles. The minimum Gasteiger partial charge on any atom is -0.355 e. The number of amides is 1. The van der Waals surface area contributed by atoms with Gasteiger partial charge in [-0.05, 0) is 35.2 Å². The molecule has 6 heteroatoms. The number of carbonyl (C=O) groups excluding carboxylic acids is 1. The number of hydrogen-bond acceptors (Lipinski definition) is 3. The molecule has 0 spiro atoms. The Morgan fingerprint density at radius 1 is 1.07 bits per heavy atom. The van der Waals surface area contributed by atoms with Gasteiger partial charge in [0.1, 0.15) is 0 Å². The maximum atomic E-state index is 12.1. The molecule has 1 amide bonds. The maximum absolute atomic E-state index is 12.1. The van der Waals surface area contributed by atoms with Crippen LogP contribution in [0.3, 0.4) is 0 Å². The number of hydrogen-bond donors (Lipinski definition) is 2. The number of carbonyl (C=O) groups is 1. The summed E-state index contributed by atoms with van der Waals surface area (Å²) in [7, 11) is 0. The number of H-pyrrole nitrogens is 1. The summed E-state index contributed by atoms with van der Waals surface area (Å²) in [6, 6.07) is 20.7. The Kier molecular flexibility index (Phi) is 6.20. The van der Waals surface area contributed by atoms with Crippen LogP contribution in [-0.4, -0.2) is 23.2 Å². The molecule has 0 aliphatic carbocycles. The lowest BCUT2D eigenvalue weighted by Gasteiger charge is -2.07. The summed E-state index contributed by atoms with van der Waals surface area (Å²) >= 11 is 6.90. The first kappa shape index (κ1) is 19.3. The van der Waals surface area contributed by atoms with Crippen LogP contribution in [-0.2, 0) is 11.2 Å². The van der Waals surface area contributed by atoms with E-state index >= 15 is 0 Å². The molecule has 0 fully saturated rings. The van der Waals surface area contributed by atoms with E-state index in [1.54, 1.807) is 23.1 Å². The second kappa shape index (κ2) is 8.99. The zero-order valence-electron chi connectivity index (χ0n) is 15.1. The highest BCUT2D eigenvalue weighted by atomic mass is 79.9. The Balaban J connectivity index is 1.46. The molecule has 0 aliphatic rings. The average Bonchev–Trinajstić information content (AvgIpc) is 3.34. The van der Waals surface area contributed by atoms with E-state index in [0.29, 0.717) is 13.0 Å². The molecule has 2 aromatic heterocycles. The standard InChI is InChI=1S/C22H19BrN2OS2/c23-16-9-7-15(8-10-16)21-22(18-5-1-2-6-19(18)25-21)28-13-11-24-20(26)14-17-4-3-12-27-17/h1-10,12,25H,11,13-14H2,(H,24,26). The molecule has 2 N–H and O–H groups in total. The Morgan fingerprint density at radius 2 is 1.89 bits per heavy atom. The topological polar surface area (TPSA) is 44.9 Å². The highest BCUT2D eigenvalue weighted by molar-refractivity contribution is 9.10. The van der Waals surface area contributed by atoms with Crippen LogP contribution in [0.5, 0.6) is 0 Å². The van der Waals surface area contributed by atoms with Crippen molar-refractivity contribution < 1.29 is 4.79 Å². The molecule has 28 heavy (non-hydrogen) atoms. The van der Waals surface area contributed by atoms with E-state index in [9.17, 15) is 4.79 Å². The second-order valence-electron chi connectivity index (χ2n) is 6.34. The van der Waals surface area contributed by atoms with Gasteiger partial charge in [0, 0.05) is 37.4 Å². The van der Waals surface area contributed by atoms with Gasteiger partial charge in [0.05, 0.1) is 12.1 Å². The maximum Gasteiger partial charge on any atom is 0.225 e. The fraction of sp³-hybridized carbons (Fsp3) is 0.136. The number of aromatic amines is 1. The summed E-state index contributed by atoms with van der Waals surface area (Å²) in [4.78, 5) is 18.0. The number of thioether (sulfide) groups is 1. The zero-order chi connectivity index (χ0) is 19.3. The van der Waals surface area contributed by atoms with Crippen molar-refractivity contribution in [1.82, 2.24) is 10.3 Å². The van der Waals surface area contributed by atoms with Crippen LogP contribution >= 0.6 is 39.0 Å². The third kappa shape index (κ3) is 4.51. The molecule has 0 saturated heterocycles. The second-order valence-corrected chi connectivity index (χ2v) is 9.39. The fourth-order valence-electron chi connectivity index (χ4n) is 3.06. The molecule has 0 atom stereocenters. The molecule has 142 valence electrons. The highest BCUT2D eigenvalue weighted by Crippen LogP contribution is 2.37. The Hall–Kier alpha value is -2.02. The molecule has 2 aromatic carbocycles. The smallest absolute Gasteiger partial charge is 0.225 e. The van der Waals surface area contributed by atoms with Crippen LogP contribution in [0.2, 0.25) is 0 Å². The summed E-state index contributed by atoms with van der Waals surface area (Å²) in [5, 5.41) is 6.25. The first-order chi connectivity index (χ1) is 13.7. The normalized spacial score (nSPS) is 11.0. The Bertz CT molecular complexity index is 1070. The van der Waals surface area contributed by atoms with E-state index < -0.39 is 0 Å². The van der Waals surface area contributed by atoms with Gasteiger partial charge in [-0.2, -0.15) is 0 Å². The Morgan fingerprint density at radius 3 is 2.68 bits per heavy atom. The van der Waals surface area contributed by atoms with Crippen LogP contribution in [0, 0.1) is 0 Å². The predicted molar refractivity (Wildman–Crippen MR) is 123 cm³/mol. The molecule has 3 nitrogen and oxygen atoms in total. The lowest BCUT2D eigenvalue weighted by atomic mass is 10.1. The zero-order valence-corrected chi connectivity index (χ0v) is 18.3. The van der Waals surface area contributed by atoms with Gasteiger partial charge in [0.2, 0.25) is 5.91 Å². The number of thiophene rings is 1. The van der Waals surface area contributed by atoms with Gasteiger partial charge in [0.15, 0.2) is 0 Å². The minimum atomic E-state index is 0.0788. The van der Waals surface area contributed by atoms with E-state index in [1.807, 2.05) is 23.6 Å². The molecule has 0 bridgehead atoms. The summed E-state index contributed by atoms with van der Waals surface area (Å²) in [5.74, 6) is 0.900. The van der Waals surface area contributed by atoms with Crippen LogP contribution in [0.25, 0.3) is 22.2 Å². The number of nitrogens with one attached hydrogen (secondary N) is 2. The van der Waals surface area contributed by atoms with Crippen molar-refractivity contribution >= 4 is 55.8 Å². The summed E-state index contributed by atoms with van der Waals surface area (Å²) in [6.07, 6.45) is 0.458. The lowest BCUT2D eigenvalue weighted by Crippen LogP contribution is -2.26. The van der Waals surface area contributed by atoms with Crippen LogP contribution in [0.15, 0.2) is 75.4 Å². The van der Waals surface area contributed by atoms with Gasteiger partial charge in [-0.1, -0.05) is 52.3 Å². The van der Waals surface area contributed by atoms with E-state index in [4.69, 9.17) is 0 Å². The first-order valence-electron chi connectivity index (χ1n) is 8.99. The molecule has 0 saturated carbocycles. The van der Waals surface area contributed by atoms with Crippen LogP contribution < -0.4 is 5.32 Å². The molecular weight excluding hydrogens is 452 g/mol. The molecular formula is C22H19BrN2OS2. The van der Waals surface area contributed by atoms with Crippen molar-refractivity contribution in [2.45, 2.75) is 11.3 Å². The quantitative estimate of drug-likeness (QED) is 0.252. The SMILES string of the molecule is O=C(Cc1cccs1)NCCSc1c(-c2ccc(Br)cc2)[nH]c2ccccc12. The van der Waals surface area contributed by atoms with Crippen molar-refractivity contribution in [3.05, 3.63) is 75.4 Å². The third-order valence-corrected chi connectivity index (χ3v) is 6.90. The lowest BCUT2D eigenvalue weighted by molar-refractivity contribution is -0.120. The molecule has 4 aromatic rings. The molecule has 2 heterocycles. The summed E-state index contributed by atoms with van der Waals surface area (Å²) in [6.45, 7) is 0.647. The van der Waals surface area contributed by atoms with E-state index in [0.717, 1.165) is 31.9 Å². The van der Waals surface area contributed by atoms with Crippen molar-refractivity contribution in [3.63, 3.8) is 0 Å². The highest BCUT2D eigenvalue weighted by Gasteiger charge is 2.13. The number of rotatable bonds is 7. The largest absolute Gasteiger partial charge is 0.355 e. The number of fused-ring (bicyclic) bond motifs is 1. The van der Waals surface area contributed by atoms with Crippen LogP contribution in [0.1, 0.15) is 4.88 Å². The molecule has 0 unspecified atom stereocenters. The summed E-state index contributed by atoms with van der Waals surface area (Å²) in [5.41, 5.74) is 3.41. The number of para-hydroxylation sites is 1. The number of benzene rings is 2. The fourth-order valence-corrected chi connectivity index (χ4v) is 5.09. The summed E-state index contributed by atoms with van der Waals surface area (Å²) < 4.78 is 1.06. The van der Waals surface area contributed by atoms with Crippen molar-refractivity contribution in [2.24, 2.45) is 0 Å². The van der Waals surface area contributed by atoms with Crippen molar-refractivity contribution in [2.75, 3.05) is 12.3 Å². The van der Waals surface area contributed by atoms with Gasteiger partial charge < -0.3 is 10.3 Å². The van der Waals surface area contributed by atoms with E-state index in [-0.39, 0.29) is 5.91 Å². The minimum absolute atomic E-state index is 0.0788. The predicted octanol–water partition coefficient (Wildman–Crippen LogP) is 6.11. The van der Waals surface area contributed by atoms with Gasteiger partial charge in [-0.3, -0.25) is 4.79 Å². The van der Waals surface area contributed by atoms with Gasteiger partial charge in [0.25, 0.3) is 0 Å². The monoisotopic (exact) mass is 470 g/mol. The van der Waals surface area contributed by atoms with Gasteiger partial charge >= 0.3 is 0 Å². The number of aromatic nitrogens is 1. The first-order valence-corrected chi connectivity index (χ1v) is 11.6. The molecule has 0 radical (unpaired) electrons.